The van der Waals surface area contributed by atoms with Gasteiger partial charge in [0.1, 0.15) is 5.78 Å². The van der Waals surface area contributed by atoms with Crippen LogP contribution in [0.15, 0.2) is 24.3 Å². The first-order chi connectivity index (χ1) is 9.20. The van der Waals surface area contributed by atoms with E-state index >= 15 is 0 Å². The highest BCUT2D eigenvalue weighted by molar-refractivity contribution is 6.39. The molecule has 0 unspecified atom stereocenters. The number of carbonyl (C=O) groups excluding carboxylic acids is 3. The van der Waals surface area contributed by atoms with E-state index in [2.05, 4.69) is 0 Å². The van der Waals surface area contributed by atoms with E-state index in [-0.39, 0.29) is 18.0 Å². The molecule has 2 N–H and O–H groups in total. The summed E-state index contributed by atoms with van der Waals surface area (Å²) >= 11 is 0. The van der Waals surface area contributed by atoms with Crippen molar-refractivity contribution < 1.29 is 27.6 Å². The Morgan fingerprint density at radius 1 is 1.15 bits per heavy atom. The summed E-state index contributed by atoms with van der Waals surface area (Å²) in [4.78, 5) is 33.2. The van der Waals surface area contributed by atoms with Crippen molar-refractivity contribution in [2.24, 2.45) is 0 Å². The molecule has 0 radical (unpaired) electrons. The summed E-state index contributed by atoms with van der Waals surface area (Å²) in [6, 6.07) is 3.86. The number of amides is 2. The Labute approximate surface area is 112 Å². The predicted molar refractivity (Wildman–Crippen MR) is 63.8 cm³/mol. The zero-order chi connectivity index (χ0) is 15.3. The fourth-order valence-corrected chi connectivity index (χ4v) is 1.25. The van der Waals surface area contributed by atoms with Crippen molar-refractivity contribution in [3.8, 4) is 0 Å². The molecule has 20 heavy (non-hydrogen) atoms. The Kier molecular flexibility index (Phi) is 4.84. The molecule has 0 aliphatic carbocycles. The second kappa shape index (κ2) is 6.18. The first kappa shape index (κ1) is 15.7. The molecule has 5 nitrogen and oxygen atoms in total. The van der Waals surface area contributed by atoms with Crippen LogP contribution in [0.5, 0.6) is 0 Å². The monoisotopic (exact) mass is 288 g/mol. The third kappa shape index (κ3) is 4.71. The third-order valence-electron chi connectivity index (χ3n) is 2.15. The first-order valence-corrected chi connectivity index (χ1v) is 5.46. The smallest absolute Gasteiger partial charge is 0.341 e. The highest BCUT2D eigenvalue weighted by atomic mass is 19.4. The van der Waals surface area contributed by atoms with Gasteiger partial charge >= 0.3 is 18.0 Å². The standard InChI is InChI=1S/C12H11F3N2O3/c1-7(18)6-16-10(19)11(20)17-9-4-2-3-8(5-9)12(13,14)15/h2-5H,6H2,1H3,(H,16,19)(H,17,20). The fourth-order valence-electron chi connectivity index (χ4n) is 1.25. The van der Waals surface area contributed by atoms with Gasteiger partial charge < -0.3 is 10.6 Å². The summed E-state index contributed by atoms with van der Waals surface area (Å²) < 4.78 is 37.3. The molecule has 0 aliphatic rings. The largest absolute Gasteiger partial charge is 0.416 e. The predicted octanol–water partition coefficient (Wildman–Crippen LogP) is 1.35. The molecule has 0 saturated heterocycles. The minimum atomic E-state index is -4.54. The number of hydrogen-bond donors (Lipinski definition) is 2. The maximum absolute atomic E-state index is 12.4. The molecule has 0 spiro atoms. The summed E-state index contributed by atoms with van der Waals surface area (Å²) in [5.74, 6) is -2.60. The molecule has 0 aliphatic heterocycles. The van der Waals surface area contributed by atoms with Gasteiger partial charge in [-0.2, -0.15) is 13.2 Å². The number of halogens is 3. The van der Waals surface area contributed by atoms with Crippen LogP contribution in [0, 0.1) is 0 Å². The molecular weight excluding hydrogens is 277 g/mol. The van der Waals surface area contributed by atoms with Crippen LogP contribution in [-0.4, -0.2) is 24.1 Å². The van der Waals surface area contributed by atoms with Crippen molar-refractivity contribution >= 4 is 23.3 Å². The summed E-state index contributed by atoms with van der Waals surface area (Å²) in [5, 5.41) is 4.04. The Morgan fingerprint density at radius 2 is 1.80 bits per heavy atom. The van der Waals surface area contributed by atoms with Crippen LogP contribution in [-0.2, 0) is 20.6 Å². The zero-order valence-corrected chi connectivity index (χ0v) is 10.4. The van der Waals surface area contributed by atoms with E-state index < -0.39 is 23.6 Å². The van der Waals surface area contributed by atoms with Crippen LogP contribution >= 0.6 is 0 Å². The van der Waals surface area contributed by atoms with Crippen LogP contribution in [0.3, 0.4) is 0 Å². The van der Waals surface area contributed by atoms with Gasteiger partial charge in [-0.15, -0.1) is 0 Å². The molecule has 0 heterocycles. The second-order valence-electron chi connectivity index (χ2n) is 3.92. The van der Waals surface area contributed by atoms with E-state index in [4.69, 9.17) is 0 Å². The maximum atomic E-state index is 12.4. The molecule has 1 aromatic carbocycles. The first-order valence-electron chi connectivity index (χ1n) is 5.46. The number of hydrogen-bond acceptors (Lipinski definition) is 3. The van der Waals surface area contributed by atoms with Crippen molar-refractivity contribution in [1.29, 1.82) is 0 Å². The average molecular weight is 288 g/mol. The van der Waals surface area contributed by atoms with E-state index in [1.165, 1.54) is 13.0 Å². The van der Waals surface area contributed by atoms with Crippen molar-refractivity contribution in [1.82, 2.24) is 5.32 Å². The average Bonchev–Trinajstić information content (AvgIpc) is 2.35. The Morgan fingerprint density at radius 3 is 2.35 bits per heavy atom. The van der Waals surface area contributed by atoms with Gasteiger partial charge in [0, 0.05) is 5.69 Å². The fraction of sp³-hybridized carbons (Fsp3) is 0.250. The quantitative estimate of drug-likeness (QED) is 0.824. The Balaban J connectivity index is 2.71. The minimum absolute atomic E-state index is 0.164. The van der Waals surface area contributed by atoms with Crippen LogP contribution in [0.4, 0.5) is 18.9 Å². The van der Waals surface area contributed by atoms with Gasteiger partial charge in [-0.05, 0) is 25.1 Å². The summed E-state index contributed by atoms with van der Waals surface area (Å²) in [5.41, 5.74) is -1.11. The van der Waals surface area contributed by atoms with E-state index in [1.807, 2.05) is 10.6 Å². The lowest BCUT2D eigenvalue weighted by atomic mass is 10.2. The molecule has 0 saturated carbocycles. The lowest BCUT2D eigenvalue weighted by molar-refractivity contribution is -0.137. The van der Waals surface area contributed by atoms with Crippen molar-refractivity contribution in [2.75, 3.05) is 11.9 Å². The van der Waals surface area contributed by atoms with Crippen molar-refractivity contribution in [2.45, 2.75) is 13.1 Å². The number of carbonyl (C=O) groups is 3. The third-order valence-corrected chi connectivity index (χ3v) is 2.15. The van der Waals surface area contributed by atoms with Crippen LogP contribution < -0.4 is 10.6 Å². The number of ketones is 1. The molecule has 0 aromatic heterocycles. The molecule has 1 aromatic rings. The van der Waals surface area contributed by atoms with Gasteiger partial charge in [-0.3, -0.25) is 14.4 Å². The second-order valence-corrected chi connectivity index (χ2v) is 3.92. The van der Waals surface area contributed by atoms with E-state index in [0.717, 1.165) is 12.1 Å². The van der Waals surface area contributed by atoms with Crippen molar-refractivity contribution in [3.05, 3.63) is 29.8 Å². The lowest BCUT2D eigenvalue weighted by Crippen LogP contribution is -2.37. The van der Waals surface area contributed by atoms with Crippen LogP contribution in [0.1, 0.15) is 12.5 Å². The number of anilines is 1. The number of nitrogens with one attached hydrogen (secondary N) is 2. The summed E-state index contributed by atoms with van der Waals surface area (Å²) in [7, 11) is 0. The molecule has 8 heteroatoms. The topological polar surface area (TPSA) is 75.3 Å². The van der Waals surface area contributed by atoms with E-state index in [0.29, 0.717) is 6.07 Å². The van der Waals surface area contributed by atoms with Crippen molar-refractivity contribution in [3.63, 3.8) is 0 Å². The normalized spacial score (nSPS) is 10.8. The molecule has 1 rings (SSSR count). The molecule has 0 atom stereocenters. The number of rotatable bonds is 3. The number of benzene rings is 1. The Hall–Kier alpha value is -2.38. The SMILES string of the molecule is CC(=O)CNC(=O)C(=O)Nc1cccc(C(F)(F)F)c1. The minimum Gasteiger partial charge on any atom is -0.341 e. The van der Waals surface area contributed by atoms with Crippen LogP contribution in [0.2, 0.25) is 0 Å². The summed E-state index contributed by atoms with van der Waals surface area (Å²) in [6.45, 7) is 0.889. The van der Waals surface area contributed by atoms with Gasteiger partial charge in [0.15, 0.2) is 0 Å². The van der Waals surface area contributed by atoms with Gasteiger partial charge in [-0.25, -0.2) is 0 Å². The molecule has 108 valence electrons. The molecular formula is C12H11F3N2O3. The highest BCUT2D eigenvalue weighted by Crippen LogP contribution is 2.30. The van der Waals surface area contributed by atoms with Crippen LogP contribution in [0.25, 0.3) is 0 Å². The zero-order valence-electron chi connectivity index (χ0n) is 10.4. The van der Waals surface area contributed by atoms with E-state index in [9.17, 15) is 27.6 Å². The molecule has 0 fully saturated rings. The maximum Gasteiger partial charge on any atom is 0.416 e. The van der Waals surface area contributed by atoms with Gasteiger partial charge in [0.25, 0.3) is 0 Å². The molecule has 0 bridgehead atoms. The lowest BCUT2D eigenvalue weighted by Gasteiger charge is -2.09. The summed E-state index contributed by atoms with van der Waals surface area (Å²) in [6.07, 6.45) is -4.54. The van der Waals surface area contributed by atoms with Gasteiger partial charge in [0.05, 0.1) is 12.1 Å². The molecule has 2 amide bonds. The van der Waals surface area contributed by atoms with E-state index in [1.54, 1.807) is 0 Å². The van der Waals surface area contributed by atoms with Gasteiger partial charge in [0.2, 0.25) is 0 Å². The highest BCUT2D eigenvalue weighted by Gasteiger charge is 2.30. The van der Waals surface area contributed by atoms with Gasteiger partial charge in [-0.1, -0.05) is 6.07 Å². The number of Topliss-reactive ketones (excluding diaryl/α,β-unsaturated/α-hetero) is 1. The number of alkyl halides is 3. The Bertz CT molecular complexity index is 541.